The number of methoxy groups -OCH3 is 1. The minimum absolute atomic E-state index is 0.162. The SMILES string of the molecule is C=C(C)[C@@H]1C[C@@H](CC(=O)OC)[C@H](C)[C@@H](O)C1. The molecule has 4 atom stereocenters. The Bertz CT molecular complexity index is 272. The zero-order valence-electron chi connectivity index (χ0n) is 10.4. The van der Waals surface area contributed by atoms with Gasteiger partial charge in [0.15, 0.2) is 0 Å². The van der Waals surface area contributed by atoms with Crippen LogP contribution in [0.1, 0.15) is 33.1 Å². The van der Waals surface area contributed by atoms with Crippen LogP contribution in [0.2, 0.25) is 0 Å². The van der Waals surface area contributed by atoms with E-state index >= 15 is 0 Å². The number of hydrogen-bond donors (Lipinski definition) is 1. The molecule has 0 unspecified atom stereocenters. The van der Waals surface area contributed by atoms with Crippen molar-refractivity contribution in [2.45, 2.75) is 39.2 Å². The van der Waals surface area contributed by atoms with Gasteiger partial charge in [-0.3, -0.25) is 4.79 Å². The predicted octanol–water partition coefficient (Wildman–Crippen LogP) is 2.15. The molecule has 0 aromatic heterocycles. The molecule has 1 fully saturated rings. The molecule has 3 nitrogen and oxygen atoms in total. The summed E-state index contributed by atoms with van der Waals surface area (Å²) in [5.74, 6) is 0.514. The number of carbonyl (C=O) groups is 1. The van der Waals surface area contributed by atoms with Crippen LogP contribution >= 0.6 is 0 Å². The second-order valence-corrected chi connectivity index (χ2v) is 4.98. The van der Waals surface area contributed by atoms with E-state index in [0.29, 0.717) is 12.3 Å². The molecule has 1 rings (SSSR count). The lowest BCUT2D eigenvalue weighted by Crippen LogP contribution is -2.36. The van der Waals surface area contributed by atoms with Crippen molar-refractivity contribution in [3.63, 3.8) is 0 Å². The lowest BCUT2D eigenvalue weighted by molar-refractivity contribution is -0.143. The Hall–Kier alpha value is -0.830. The van der Waals surface area contributed by atoms with Gasteiger partial charge in [-0.05, 0) is 37.5 Å². The smallest absolute Gasteiger partial charge is 0.305 e. The molecule has 0 heterocycles. The van der Waals surface area contributed by atoms with Crippen LogP contribution in [0.5, 0.6) is 0 Å². The molecule has 92 valence electrons. The lowest BCUT2D eigenvalue weighted by Gasteiger charge is -2.37. The zero-order chi connectivity index (χ0) is 12.3. The zero-order valence-corrected chi connectivity index (χ0v) is 10.4. The Morgan fingerprint density at radius 1 is 1.50 bits per heavy atom. The normalized spacial score (nSPS) is 34.5. The molecule has 1 aliphatic rings. The number of ether oxygens (including phenoxy) is 1. The van der Waals surface area contributed by atoms with Crippen molar-refractivity contribution in [1.82, 2.24) is 0 Å². The summed E-state index contributed by atoms with van der Waals surface area (Å²) < 4.78 is 4.69. The summed E-state index contributed by atoms with van der Waals surface area (Å²) in [6.07, 6.45) is 1.78. The Morgan fingerprint density at radius 2 is 2.12 bits per heavy atom. The van der Waals surface area contributed by atoms with E-state index in [-0.39, 0.29) is 23.9 Å². The van der Waals surface area contributed by atoms with Crippen molar-refractivity contribution in [2.24, 2.45) is 17.8 Å². The van der Waals surface area contributed by atoms with E-state index in [1.807, 2.05) is 13.8 Å². The van der Waals surface area contributed by atoms with Crippen LogP contribution in [0, 0.1) is 17.8 Å². The Labute approximate surface area is 97.5 Å². The minimum Gasteiger partial charge on any atom is -0.469 e. The molecule has 0 spiro atoms. The van der Waals surface area contributed by atoms with Gasteiger partial charge >= 0.3 is 5.97 Å². The monoisotopic (exact) mass is 226 g/mol. The number of allylic oxidation sites excluding steroid dienone is 1. The number of hydrogen-bond acceptors (Lipinski definition) is 3. The summed E-state index contributed by atoms with van der Waals surface area (Å²) in [4.78, 5) is 11.3. The van der Waals surface area contributed by atoms with Crippen LogP contribution in [-0.4, -0.2) is 24.3 Å². The van der Waals surface area contributed by atoms with Gasteiger partial charge in [0.05, 0.1) is 13.2 Å². The minimum atomic E-state index is -0.329. The van der Waals surface area contributed by atoms with Crippen LogP contribution in [-0.2, 0) is 9.53 Å². The quantitative estimate of drug-likeness (QED) is 0.592. The fraction of sp³-hybridized carbons (Fsp3) is 0.769. The van der Waals surface area contributed by atoms with Gasteiger partial charge in [0.1, 0.15) is 0 Å². The standard InChI is InChI=1S/C13H22O3/c1-8(2)10-5-11(7-13(15)16-4)9(3)12(14)6-10/h9-12,14H,1,5-7H2,2-4H3/t9-,10+,11-,12-/m0/s1. The fourth-order valence-corrected chi connectivity index (χ4v) is 2.47. The van der Waals surface area contributed by atoms with Gasteiger partial charge in [-0.1, -0.05) is 19.1 Å². The summed E-state index contributed by atoms with van der Waals surface area (Å²) in [7, 11) is 1.41. The van der Waals surface area contributed by atoms with Gasteiger partial charge < -0.3 is 9.84 Å². The Kier molecular flexibility index (Phi) is 4.54. The van der Waals surface area contributed by atoms with Gasteiger partial charge in [-0.2, -0.15) is 0 Å². The van der Waals surface area contributed by atoms with Crippen molar-refractivity contribution < 1.29 is 14.6 Å². The Balaban J connectivity index is 2.66. The predicted molar refractivity (Wildman–Crippen MR) is 62.8 cm³/mol. The van der Waals surface area contributed by atoms with Crippen molar-refractivity contribution >= 4 is 5.97 Å². The molecule has 0 amide bonds. The molecule has 0 saturated heterocycles. The molecule has 0 aliphatic heterocycles. The first-order valence-electron chi connectivity index (χ1n) is 5.86. The molecular weight excluding hydrogens is 204 g/mol. The van der Waals surface area contributed by atoms with E-state index < -0.39 is 0 Å². The van der Waals surface area contributed by atoms with E-state index in [0.717, 1.165) is 18.4 Å². The maximum atomic E-state index is 11.3. The van der Waals surface area contributed by atoms with Crippen LogP contribution in [0.4, 0.5) is 0 Å². The number of rotatable bonds is 3. The molecule has 0 aromatic carbocycles. The number of aliphatic hydroxyl groups is 1. The van der Waals surface area contributed by atoms with Crippen molar-refractivity contribution in [3.8, 4) is 0 Å². The summed E-state index contributed by atoms with van der Waals surface area (Å²) in [5.41, 5.74) is 1.10. The van der Waals surface area contributed by atoms with Gasteiger partial charge in [-0.25, -0.2) is 0 Å². The van der Waals surface area contributed by atoms with Crippen molar-refractivity contribution in [3.05, 3.63) is 12.2 Å². The second kappa shape index (κ2) is 5.48. The first kappa shape index (κ1) is 13.2. The lowest BCUT2D eigenvalue weighted by atomic mass is 9.70. The molecule has 1 aliphatic carbocycles. The van der Waals surface area contributed by atoms with E-state index in [9.17, 15) is 9.90 Å². The molecular formula is C13H22O3. The third-order valence-electron chi connectivity index (χ3n) is 3.82. The highest BCUT2D eigenvalue weighted by Gasteiger charge is 2.35. The van der Waals surface area contributed by atoms with Gasteiger partial charge in [0.2, 0.25) is 0 Å². The van der Waals surface area contributed by atoms with Gasteiger partial charge in [0, 0.05) is 6.42 Å². The number of aliphatic hydroxyl groups excluding tert-OH is 1. The summed E-state index contributed by atoms with van der Waals surface area (Å²) in [6, 6.07) is 0. The fourth-order valence-electron chi connectivity index (χ4n) is 2.47. The maximum absolute atomic E-state index is 11.3. The first-order valence-corrected chi connectivity index (χ1v) is 5.86. The highest BCUT2D eigenvalue weighted by molar-refractivity contribution is 5.69. The molecule has 1 saturated carbocycles. The van der Waals surface area contributed by atoms with Crippen LogP contribution in [0.15, 0.2) is 12.2 Å². The van der Waals surface area contributed by atoms with E-state index in [1.54, 1.807) is 0 Å². The highest BCUT2D eigenvalue weighted by Crippen LogP contribution is 2.38. The summed E-state index contributed by atoms with van der Waals surface area (Å²) >= 11 is 0. The van der Waals surface area contributed by atoms with Gasteiger partial charge in [-0.15, -0.1) is 0 Å². The number of esters is 1. The topological polar surface area (TPSA) is 46.5 Å². The van der Waals surface area contributed by atoms with Crippen LogP contribution in [0.25, 0.3) is 0 Å². The first-order chi connectivity index (χ1) is 7.45. The summed E-state index contributed by atoms with van der Waals surface area (Å²) in [5, 5.41) is 9.96. The molecule has 3 heteroatoms. The largest absolute Gasteiger partial charge is 0.469 e. The molecule has 0 aromatic rings. The molecule has 0 radical (unpaired) electrons. The molecule has 16 heavy (non-hydrogen) atoms. The third-order valence-corrected chi connectivity index (χ3v) is 3.82. The van der Waals surface area contributed by atoms with Crippen LogP contribution in [0.3, 0.4) is 0 Å². The average Bonchev–Trinajstić information content (AvgIpc) is 2.23. The van der Waals surface area contributed by atoms with Crippen LogP contribution < -0.4 is 0 Å². The molecule has 1 N–H and O–H groups in total. The van der Waals surface area contributed by atoms with E-state index in [1.165, 1.54) is 7.11 Å². The third kappa shape index (κ3) is 3.08. The second-order valence-electron chi connectivity index (χ2n) is 4.98. The molecule has 0 bridgehead atoms. The van der Waals surface area contributed by atoms with E-state index in [2.05, 4.69) is 11.3 Å². The number of carbonyl (C=O) groups excluding carboxylic acids is 1. The van der Waals surface area contributed by atoms with Crippen molar-refractivity contribution in [2.75, 3.05) is 7.11 Å². The highest BCUT2D eigenvalue weighted by atomic mass is 16.5. The average molecular weight is 226 g/mol. The van der Waals surface area contributed by atoms with Crippen molar-refractivity contribution in [1.29, 1.82) is 0 Å². The summed E-state index contributed by atoms with van der Waals surface area (Å²) in [6.45, 7) is 7.94. The van der Waals surface area contributed by atoms with E-state index in [4.69, 9.17) is 0 Å². The van der Waals surface area contributed by atoms with Gasteiger partial charge in [0.25, 0.3) is 0 Å². The maximum Gasteiger partial charge on any atom is 0.305 e. The Morgan fingerprint density at radius 3 is 2.62 bits per heavy atom.